The van der Waals surface area contributed by atoms with Crippen molar-refractivity contribution in [1.29, 1.82) is 0 Å². The molecule has 6 heteroatoms. The minimum atomic E-state index is -3.78. The summed E-state index contributed by atoms with van der Waals surface area (Å²) in [5.41, 5.74) is 0. The van der Waals surface area contributed by atoms with Crippen LogP contribution in [0.3, 0.4) is 0 Å². The van der Waals surface area contributed by atoms with Gasteiger partial charge in [0.2, 0.25) is 0 Å². The Labute approximate surface area is 141 Å². The molecule has 0 aromatic carbocycles. The summed E-state index contributed by atoms with van der Waals surface area (Å²) in [5, 5.41) is 3.19. The average molecular weight is 303 g/mol. The van der Waals surface area contributed by atoms with Crippen molar-refractivity contribution in [2.24, 2.45) is 0 Å². The standard InChI is InChI=1S/C13H29NO3S.Na.H/c1-2-3-4-5-6-7-8-9-11-14-12-10-13-18(15,16)17;;/h14H,2-13H2,1H3,(H,15,16,17);;. The predicted molar refractivity (Wildman–Crippen MR) is 83.7 cm³/mol. The molecule has 2 N–H and O–H groups in total. The van der Waals surface area contributed by atoms with E-state index >= 15 is 0 Å². The number of hydrogen-bond donors (Lipinski definition) is 2. The van der Waals surface area contributed by atoms with Gasteiger partial charge in [-0.15, -0.1) is 0 Å². The molecule has 4 nitrogen and oxygen atoms in total. The molecule has 0 unspecified atom stereocenters. The Kier molecular flexibility index (Phi) is 17.8. The first kappa shape index (κ1) is 22.2. The average Bonchev–Trinajstić information content (AvgIpc) is 2.29. The summed E-state index contributed by atoms with van der Waals surface area (Å²) in [6, 6.07) is 0. The molecule has 0 saturated carbocycles. The van der Waals surface area contributed by atoms with E-state index in [1.165, 1.54) is 44.9 Å². The van der Waals surface area contributed by atoms with Gasteiger partial charge in [0.25, 0.3) is 10.1 Å². The van der Waals surface area contributed by atoms with Crippen LogP contribution in [0, 0.1) is 0 Å². The molecular formula is C13H30NNaO3S. The van der Waals surface area contributed by atoms with Crippen LogP contribution in [-0.2, 0) is 10.1 Å². The zero-order valence-electron chi connectivity index (χ0n) is 11.7. The van der Waals surface area contributed by atoms with Crippen LogP contribution in [0.4, 0.5) is 0 Å². The van der Waals surface area contributed by atoms with Crippen LogP contribution in [0.15, 0.2) is 0 Å². The van der Waals surface area contributed by atoms with Gasteiger partial charge < -0.3 is 5.32 Å². The van der Waals surface area contributed by atoms with E-state index in [1.807, 2.05) is 0 Å². The number of nitrogens with one attached hydrogen (secondary N) is 1. The normalized spacial score (nSPS) is 11.3. The van der Waals surface area contributed by atoms with Crippen molar-refractivity contribution in [3.05, 3.63) is 0 Å². The Balaban J connectivity index is 0. The molecule has 0 radical (unpaired) electrons. The Bertz CT molecular complexity index is 271. The van der Waals surface area contributed by atoms with Crippen LogP contribution in [0.5, 0.6) is 0 Å². The molecule has 0 aromatic rings. The molecule has 112 valence electrons. The van der Waals surface area contributed by atoms with Crippen LogP contribution in [0.25, 0.3) is 0 Å². The maximum atomic E-state index is 10.4. The molecule has 0 amide bonds. The zero-order chi connectivity index (χ0) is 13.7. The minimum absolute atomic E-state index is 0. The first-order valence-electron chi connectivity index (χ1n) is 7.22. The van der Waals surface area contributed by atoms with E-state index in [1.54, 1.807) is 0 Å². The molecular weight excluding hydrogens is 273 g/mol. The van der Waals surface area contributed by atoms with Crippen LogP contribution >= 0.6 is 0 Å². The summed E-state index contributed by atoms with van der Waals surface area (Å²) < 4.78 is 29.4. The van der Waals surface area contributed by atoms with Gasteiger partial charge in [0.15, 0.2) is 0 Å². The van der Waals surface area contributed by atoms with Crippen molar-refractivity contribution < 1.29 is 13.0 Å². The Morgan fingerprint density at radius 1 is 0.842 bits per heavy atom. The van der Waals surface area contributed by atoms with Gasteiger partial charge in [0.1, 0.15) is 0 Å². The van der Waals surface area contributed by atoms with Crippen molar-refractivity contribution in [1.82, 2.24) is 5.32 Å². The maximum absolute atomic E-state index is 10.4. The van der Waals surface area contributed by atoms with Crippen molar-refractivity contribution in [3.63, 3.8) is 0 Å². The van der Waals surface area contributed by atoms with Crippen LogP contribution in [0.1, 0.15) is 64.7 Å². The Morgan fingerprint density at radius 3 is 1.84 bits per heavy atom. The molecule has 0 heterocycles. The van der Waals surface area contributed by atoms with E-state index in [0.717, 1.165) is 13.0 Å². The van der Waals surface area contributed by atoms with E-state index in [-0.39, 0.29) is 35.3 Å². The molecule has 19 heavy (non-hydrogen) atoms. The van der Waals surface area contributed by atoms with E-state index in [0.29, 0.717) is 13.0 Å². The predicted octanol–water partition coefficient (Wildman–Crippen LogP) is 2.35. The van der Waals surface area contributed by atoms with Crippen molar-refractivity contribution in [2.75, 3.05) is 18.8 Å². The van der Waals surface area contributed by atoms with Gasteiger partial charge in [-0.25, -0.2) is 0 Å². The number of rotatable bonds is 13. The molecule has 0 rings (SSSR count). The van der Waals surface area contributed by atoms with Gasteiger partial charge in [-0.05, 0) is 25.9 Å². The molecule has 0 saturated heterocycles. The van der Waals surface area contributed by atoms with Crippen LogP contribution in [0.2, 0.25) is 0 Å². The summed E-state index contributed by atoms with van der Waals surface area (Å²) in [4.78, 5) is 0. The summed E-state index contributed by atoms with van der Waals surface area (Å²) in [6.45, 7) is 3.84. The molecule has 0 fully saturated rings. The van der Waals surface area contributed by atoms with Gasteiger partial charge in [0, 0.05) is 0 Å². The van der Waals surface area contributed by atoms with E-state index in [2.05, 4.69) is 12.2 Å². The number of unbranched alkanes of at least 4 members (excludes halogenated alkanes) is 7. The molecule has 0 aliphatic carbocycles. The zero-order valence-corrected chi connectivity index (χ0v) is 12.5. The Morgan fingerprint density at radius 2 is 1.32 bits per heavy atom. The molecule has 0 aromatic heterocycles. The fourth-order valence-electron chi connectivity index (χ4n) is 1.89. The molecule has 0 aliphatic rings. The van der Waals surface area contributed by atoms with Gasteiger partial charge in [-0.2, -0.15) is 8.42 Å². The van der Waals surface area contributed by atoms with E-state index in [4.69, 9.17) is 4.55 Å². The van der Waals surface area contributed by atoms with Gasteiger partial charge in [0.05, 0.1) is 5.75 Å². The molecule has 0 spiro atoms. The van der Waals surface area contributed by atoms with Crippen molar-refractivity contribution in [3.8, 4) is 0 Å². The van der Waals surface area contributed by atoms with Gasteiger partial charge in [-0.1, -0.05) is 51.9 Å². The van der Waals surface area contributed by atoms with Crippen LogP contribution in [-0.4, -0.2) is 61.4 Å². The van der Waals surface area contributed by atoms with E-state index < -0.39 is 10.1 Å². The van der Waals surface area contributed by atoms with Gasteiger partial charge >= 0.3 is 29.6 Å². The SMILES string of the molecule is CCCCCCCCCCNCCCS(=O)(=O)O.[NaH]. The Hall–Kier alpha value is 0.870. The summed E-state index contributed by atoms with van der Waals surface area (Å²) >= 11 is 0. The summed E-state index contributed by atoms with van der Waals surface area (Å²) in [5.74, 6) is -0.141. The molecule has 0 bridgehead atoms. The third-order valence-corrected chi connectivity index (χ3v) is 3.77. The van der Waals surface area contributed by atoms with Crippen molar-refractivity contribution >= 4 is 39.7 Å². The summed E-state index contributed by atoms with van der Waals surface area (Å²) in [7, 11) is -3.78. The quantitative estimate of drug-likeness (QED) is 0.311. The second-order valence-corrected chi connectivity index (χ2v) is 6.44. The van der Waals surface area contributed by atoms with Crippen molar-refractivity contribution in [2.45, 2.75) is 64.7 Å². The number of hydrogen-bond acceptors (Lipinski definition) is 3. The third-order valence-electron chi connectivity index (χ3n) is 2.96. The summed E-state index contributed by atoms with van der Waals surface area (Å²) in [6.07, 6.45) is 10.9. The second-order valence-electron chi connectivity index (χ2n) is 4.86. The third kappa shape index (κ3) is 21.3. The fourth-order valence-corrected chi connectivity index (χ4v) is 2.40. The topological polar surface area (TPSA) is 66.4 Å². The second kappa shape index (κ2) is 15.3. The molecule has 0 aliphatic heterocycles. The first-order valence-corrected chi connectivity index (χ1v) is 8.83. The monoisotopic (exact) mass is 303 g/mol. The van der Waals surface area contributed by atoms with Gasteiger partial charge in [-0.3, -0.25) is 4.55 Å². The van der Waals surface area contributed by atoms with E-state index in [9.17, 15) is 8.42 Å². The van der Waals surface area contributed by atoms with Crippen LogP contribution < -0.4 is 5.32 Å². The first-order chi connectivity index (χ1) is 8.56. The fraction of sp³-hybridized carbons (Fsp3) is 1.00. The molecule has 0 atom stereocenters.